The third kappa shape index (κ3) is 4.08. The number of hydrogen-bond acceptors (Lipinski definition) is 5. The Labute approximate surface area is 132 Å². The second-order valence-electron chi connectivity index (χ2n) is 4.63. The van der Waals surface area contributed by atoms with E-state index in [1.165, 1.54) is 6.92 Å². The summed E-state index contributed by atoms with van der Waals surface area (Å²) in [6.07, 6.45) is 0.902. The highest BCUT2D eigenvalue weighted by Gasteiger charge is 2.16. The van der Waals surface area contributed by atoms with Crippen molar-refractivity contribution in [1.29, 1.82) is 0 Å². The zero-order valence-corrected chi connectivity index (χ0v) is 12.7. The zero-order valence-electron chi connectivity index (χ0n) is 11.9. The van der Waals surface area contributed by atoms with Crippen LogP contribution >= 0.6 is 11.6 Å². The van der Waals surface area contributed by atoms with Crippen LogP contribution in [-0.2, 0) is 20.7 Å². The second-order valence-corrected chi connectivity index (χ2v) is 5.04. The molecule has 1 aromatic heterocycles. The molecule has 1 unspecified atom stereocenters. The minimum atomic E-state index is -0.948. The van der Waals surface area contributed by atoms with Crippen molar-refractivity contribution in [3.05, 3.63) is 41.4 Å². The van der Waals surface area contributed by atoms with E-state index in [2.05, 4.69) is 4.98 Å². The van der Waals surface area contributed by atoms with Gasteiger partial charge in [-0.25, -0.2) is 4.98 Å². The maximum absolute atomic E-state index is 11.5. The molecule has 6 nitrogen and oxygen atoms in total. The van der Waals surface area contributed by atoms with E-state index in [0.29, 0.717) is 16.7 Å². The van der Waals surface area contributed by atoms with Crippen LogP contribution in [0.3, 0.4) is 0 Å². The van der Waals surface area contributed by atoms with Gasteiger partial charge in [-0.15, -0.1) is 0 Å². The number of halogens is 1. The number of nitrogens with zero attached hydrogens (tertiary/aromatic N) is 1. The molecule has 0 bridgehead atoms. The van der Waals surface area contributed by atoms with Gasteiger partial charge in [0.05, 0.1) is 17.6 Å². The monoisotopic (exact) mass is 322 g/mol. The first-order valence-corrected chi connectivity index (χ1v) is 7.03. The maximum atomic E-state index is 11.5. The zero-order chi connectivity index (χ0) is 16.1. The standard InChI is InChI=1S/C15H15ClN2O4/c1-9(15(17)20)21-14(19)7-6-13-18-8-12(22-13)10-4-2-3-5-11(10)16/h2-5,8-9H,6-7H2,1H3,(H2,17,20). The van der Waals surface area contributed by atoms with E-state index in [-0.39, 0.29) is 12.8 Å². The molecule has 22 heavy (non-hydrogen) atoms. The molecular weight excluding hydrogens is 308 g/mol. The van der Waals surface area contributed by atoms with Gasteiger partial charge >= 0.3 is 5.97 Å². The van der Waals surface area contributed by atoms with Crippen molar-refractivity contribution in [2.75, 3.05) is 0 Å². The number of nitrogens with two attached hydrogens (primary N) is 1. The summed E-state index contributed by atoms with van der Waals surface area (Å²) < 4.78 is 10.4. The minimum absolute atomic E-state index is 0.0418. The quantitative estimate of drug-likeness (QED) is 0.823. The van der Waals surface area contributed by atoms with Gasteiger partial charge in [0, 0.05) is 12.0 Å². The molecule has 1 heterocycles. The van der Waals surface area contributed by atoms with E-state index >= 15 is 0 Å². The minimum Gasteiger partial charge on any atom is -0.453 e. The lowest BCUT2D eigenvalue weighted by atomic mass is 10.2. The largest absolute Gasteiger partial charge is 0.453 e. The van der Waals surface area contributed by atoms with Gasteiger partial charge in [-0.1, -0.05) is 23.7 Å². The summed E-state index contributed by atoms with van der Waals surface area (Å²) in [5.74, 6) is -0.313. The number of carbonyl (C=O) groups is 2. The highest BCUT2D eigenvalue weighted by molar-refractivity contribution is 6.33. The van der Waals surface area contributed by atoms with Crippen molar-refractivity contribution in [1.82, 2.24) is 4.98 Å². The summed E-state index contributed by atoms with van der Waals surface area (Å²) in [5.41, 5.74) is 5.74. The number of aryl methyl sites for hydroxylation is 1. The van der Waals surface area contributed by atoms with Crippen molar-refractivity contribution in [2.45, 2.75) is 25.9 Å². The Kier molecular flexibility index (Phi) is 5.16. The Morgan fingerprint density at radius 3 is 2.82 bits per heavy atom. The molecule has 1 aromatic carbocycles. The summed E-state index contributed by atoms with van der Waals surface area (Å²) in [5, 5.41) is 0.555. The SMILES string of the molecule is CC(OC(=O)CCc1ncc(-c2ccccc2Cl)o1)C(N)=O. The molecule has 0 aliphatic heterocycles. The Morgan fingerprint density at radius 1 is 1.41 bits per heavy atom. The maximum Gasteiger partial charge on any atom is 0.307 e. The number of hydrogen-bond donors (Lipinski definition) is 1. The number of carbonyl (C=O) groups excluding carboxylic acids is 2. The average molecular weight is 323 g/mol. The molecular formula is C15H15ClN2O4. The molecule has 0 radical (unpaired) electrons. The molecule has 0 aliphatic carbocycles. The first kappa shape index (κ1) is 16.0. The summed E-state index contributed by atoms with van der Waals surface area (Å²) >= 11 is 6.08. The molecule has 1 amide bonds. The van der Waals surface area contributed by atoms with Gasteiger partial charge in [0.1, 0.15) is 0 Å². The molecule has 2 aromatic rings. The van der Waals surface area contributed by atoms with Crippen LogP contribution < -0.4 is 5.73 Å². The lowest BCUT2D eigenvalue weighted by Crippen LogP contribution is -2.30. The molecule has 0 aliphatic rings. The summed E-state index contributed by atoms with van der Waals surface area (Å²) in [7, 11) is 0. The molecule has 116 valence electrons. The second kappa shape index (κ2) is 7.09. The van der Waals surface area contributed by atoms with Crippen LogP contribution in [0.5, 0.6) is 0 Å². The van der Waals surface area contributed by atoms with Crippen LogP contribution in [0.4, 0.5) is 0 Å². The van der Waals surface area contributed by atoms with Gasteiger partial charge in [0.15, 0.2) is 17.8 Å². The number of amides is 1. The fourth-order valence-corrected chi connectivity index (χ4v) is 1.96. The number of esters is 1. The van der Waals surface area contributed by atoms with Crippen LogP contribution in [-0.4, -0.2) is 23.0 Å². The lowest BCUT2D eigenvalue weighted by molar-refractivity contribution is -0.153. The van der Waals surface area contributed by atoms with Crippen LogP contribution in [0.2, 0.25) is 5.02 Å². The van der Waals surface area contributed by atoms with E-state index in [1.807, 2.05) is 18.2 Å². The van der Waals surface area contributed by atoms with Crippen molar-refractivity contribution < 1.29 is 18.7 Å². The molecule has 0 saturated heterocycles. The molecule has 7 heteroatoms. The first-order chi connectivity index (χ1) is 10.5. The predicted molar refractivity (Wildman–Crippen MR) is 80.0 cm³/mol. The molecule has 2 rings (SSSR count). The summed E-state index contributed by atoms with van der Waals surface area (Å²) in [4.78, 5) is 26.4. The third-order valence-electron chi connectivity index (χ3n) is 2.94. The van der Waals surface area contributed by atoms with Gasteiger partial charge in [-0.3, -0.25) is 9.59 Å². The number of benzene rings is 1. The normalized spacial score (nSPS) is 11.9. The van der Waals surface area contributed by atoms with E-state index in [9.17, 15) is 9.59 Å². The average Bonchev–Trinajstić information content (AvgIpc) is 2.94. The van der Waals surface area contributed by atoms with Crippen molar-refractivity contribution in [2.24, 2.45) is 5.73 Å². The molecule has 1 atom stereocenters. The third-order valence-corrected chi connectivity index (χ3v) is 3.27. The Balaban J connectivity index is 1.94. The lowest BCUT2D eigenvalue weighted by Gasteiger charge is -2.08. The molecule has 0 fully saturated rings. The Hall–Kier alpha value is -2.34. The summed E-state index contributed by atoms with van der Waals surface area (Å²) in [6.45, 7) is 1.42. The Morgan fingerprint density at radius 2 is 2.14 bits per heavy atom. The van der Waals surface area contributed by atoms with Crippen LogP contribution in [0.25, 0.3) is 11.3 Å². The van der Waals surface area contributed by atoms with Gasteiger partial charge in [0.2, 0.25) is 0 Å². The highest BCUT2D eigenvalue weighted by Crippen LogP contribution is 2.28. The smallest absolute Gasteiger partial charge is 0.307 e. The number of ether oxygens (including phenoxy) is 1. The number of oxazole rings is 1. The molecule has 0 spiro atoms. The van der Waals surface area contributed by atoms with Crippen molar-refractivity contribution >= 4 is 23.5 Å². The van der Waals surface area contributed by atoms with Gasteiger partial charge < -0.3 is 14.9 Å². The predicted octanol–water partition coefficient (Wildman–Crippen LogP) is 2.34. The van der Waals surface area contributed by atoms with E-state index in [0.717, 1.165) is 5.56 Å². The van der Waals surface area contributed by atoms with Crippen LogP contribution in [0.15, 0.2) is 34.9 Å². The van der Waals surface area contributed by atoms with E-state index < -0.39 is 18.0 Å². The van der Waals surface area contributed by atoms with Crippen molar-refractivity contribution in [3.8, 4) is 11.3 Å². The molecule has 2 N–H and O–H groups in total. The van der Waals surface area contributed by atoms with E-state index in [1.54, 1.807) is 12.3 Å². The fraction of sp³-hybridized carbons (Fsp3) is 0.267. The number of aromatic nitrogens is 1. The van der Waals surface area contributed by atoms with Crippen LogP contribution in [0.1, 0.15) is 19.2 Å². The summed E-state index contributed by atoms with van der Waals surface area (Å²) in [6, 6.07) is 7.22. The van der Waals surface area contributed by atoms with Crippen LogP contribution in [0, 0.1) is 0 Å². The van der Waals surface area contributed by atoms with Gasteiger partial charge in [0.25, 0.3) is 5.91 Å². The highest BCUT2D eigenvalue weighted by atomic mass is 35.5. The first-order valence-electron chi connectivity index (χ1n) is 6.65. The Bertz CT molecular complexity index is 684. The van der Waals surface area contributed by atoms with E-state index in [4.69, 9.17) is 26.5 Å². The molecule has 0 saturated carbocycles. The topological polar surface area (TPSA) is 95.4 Å². The number of rotatable bonds is 6. The number of primary amides is 1. The van der Waals surface area contributed by atoms with Gasteiger partial charge in [-0.05, 0) is 19.1 Å². The van der Waals surface area contributed by atoms with Crippen molar-refractivity contribution in [3.63, 3.8) is 0 Å². The van der Waals surface area contributed by atoms with Gasteiger partial charge in [-0.2, -0.15) is 0 Å². The fourth-order valence-electron chi connectivity index (χ4n) is 1.73.